The van der Waals surface area contributed by atoms with Crippen LogP contribution in [0.25, 0.3) is 10.8 Å². The molecule has 0 fully saturated rings. The lowest BCUT2D eigenvalue weighted by Crippen LogP contribution is -2.36. The Morgan fingerprint density at radius 1 is 0.724 bits per heavy atom. The van der Waals surface area contributed by atoms with Crippen molar-refractivity contribution in [3.63, 3.8) is 0 Å². The molecule has 0 bridgehead atoms. The summed E-state index contributed by atoms with van der Waals surface area (Å²) in [6, 6.07) is 30.1. The Labute approximate surface area is 170 Å². The molecule has 0 spiro atoms. The highest BCUT2D eigenvalue weighted by atomic mass is 16.5. The van der Waals surface area contributed by atoms with E-state index in [-0.39, 0.29) is 5.97 Å². The first-order valence-corrected chi connectivity index (χ1v) is 9.71. The van der Waals surface area contributed by atoms with Crippen molar-refractivity contribution in [2.24, 2.45) is 0 Å². The van der Waals surface area contributed by atoms with Crippen molar-refractivity contribution in [3.8, 4) is 5.75 Å². The van der Waals surface area contributed by atoms with E-state index >= 15 is 0 Å². The van der Waals surface area contributed by atoms with Crippen LogP contribution in [0.1, 0.15) is 16.7 Å². The summed E-state index contributed by atoms with van der Waals surface area (Å²) < 4.78 is 6.07. The van der Waals surface area contributed by atoms with Crippen LogP contribution in [0.3, 0.4) is 0 Å². The van der Waals surface area contributed by atoms with E-state index in [2.05, 4.69) is 23.1 Å². The molecular formula is C26H21NO2. The minimum Gasteiger partial charge on any atom is -0.424 e. The van der Waals surface area contributed by atoms with Crippen LogP contribution in [-0.2, 0) is 10.2 Å². The Kier molecular flexibility index (Phi) is 3.92. The molecule has 0 amide bonds. The molecule has 0 saturated carbocycles. The monoisotopic (exact) mass is 379 g/mol. The predicted molar refractivity (Wildman–Crippen MR) is 117 cm³/mol. The number of carbonyl (C=O) groups is 1. The van der Waals surface area contributed by atoms with Crippen molar-refractivity contribution >= 4 is 22.4 Å². The fourth-order valence-electron chi connectivity index (χ4n) is 4.47. The van der Waals surface area contributed by atoms with Gasteiger partial charge in [-0.1, -0.05) is 84.9 Å². The van der Waals surface area contributed by atoms with Gasteiger partial charge in [0.05, 0.1) is 0 Å². The number of carbonyl (C=O) groups excluding carboxylic acids is 1. The van der Waals surface area contributed by atoms with Crippen LogP contribution in [-0.4, -0.2) is 20.1 Å². The van der Waals surface area contributed by atoms with E-state index in [1.165, 1.54) is 0 Å². The molecule has 4 aromatic rings. The number of esters is 1. The second kappa shape index (κ2) is 6.49. The van der Waals surface area contributed by atoms with Crippen molar-refractivity contribution in [3.05, 3.63) is 108 Å². The van der Waals surface area contributed by atoms with Crippen LogP contribution in [0.15, 0.2) is 91.0 Å². The van der Waals surface area contributed by atoms with Crippen molar-refractivity contribution < 1.29 is 9.53 Å². The van der Waals surface area contributed by atoms with E-state index in [0.717, 1.165) is 33.2 Å². The van der Waals surface area contributed by atoms with Crippen LogP contribution >= 0.6 is 0 Å². The number of fused-ring (bicyclic) bond motifs is 3. The van der Waals surface area contributed by atoms with Gasteiger partial charge in [0, 0.05) is 30.7 Å². The van der Waals surface area contributed by atoms with Crippen molar-refractivity contribution in [1.29, 1.82) is 0 Å². The second-order valence-corrected chi connectivity index (χ2v) is 7.58. The van der Waals surface area contributed by atoms with E-state index < -0.39 is 5.41 Å². The first kappa shape index (κ1) is 17.5. The predicted octanol–water partition coefficient (Wildman–Crippen LogP) is 5.16. The molecule has 142 valence electrons. The van der Waals surface area contributed by atoms with E-state index in [4.69, 9.17) is 4.74 Å². The molecule has 0 aliphatic carbocycles. The zero-order valence-electron chi connectivity index (χ0n) is 16.4. The number of hydrogen-bond acceptors (Lipinski definition) is 3. The molecule has 0 saturated heterocycles. The highest BCUT2D eigenvalue weighted by molar-refractivity contribution is 6.08. The van der Waals surface area contributed by atoms with Crippen LogP contribution in [0, 0.1) is 0 Å². The second-order valence-electron chi connectivity index (χ2n) is 7.58. The van der Waals surface area contributed by atoms with Crippen LogP contribution < -0.4 is 9.64 Å². The number of anilines is 1. The minimum absolute atomic E-state index is 0.258. The van der Waals surface area contributed by atoms with Gasteiger partial charge >= 0.3 is 5.97 Å². The summed E-state index contributed by atoms with van der Waals surface area (Å²) in [5.41, 5.74) is 2.77. The van der Waals surface area contributed by atoms with E-state index in [1.807, 2.05) is 86.9 Å². The summed E-state index contributed by atoms with van der Waals surface area (Å²) in [4.78, 5) is 15.7. The Morgan fingerprint density at radius 2 is 1.34 bits per heavy atom. The molecule has 1 heterocycles. The van der Waals surface area contributed by atoms with Gasteiger partial charge in [0.1, 0.15) is 11.2 Å². The number of nitrogens with zero attached hydrogens (tertiary/aromatic N) is 1. The highest BCUT2D eigenvalue weighted by Crippen LogP contribution is 2.52. The van der Waals surface area contributed by atoms with Crippen LogP contribution in [0.2, 0.25) is 0 Å². The molecular weight excluding hydrogens is 358 g/mol. The Morgan fingerprint density at radius 3 is 1.93 bits per heavy atom. The van der Waals surface area contributed by atoms with Gasteiger partial charge in [-0.05, 0) is 22.6 Å². The quantitative estimate of drug-likeness (QED) is 0.364. The van der Waals surface area contributed by atoms with Gasteiger partial charge < -0.3 is 9.64 Å². The SMILES string of the molecule is CN(C)c1cccc2ccc3c(c12)OC(=O)C3(c1ccccc1)c1ccccc1. The number of hydrogen-bond donors (Lipinski definition) is 0. The Bertz CT molecular complexity index is 1170. The molecule has 0 unspecified atom stereocenters. The molecule has 3 heteroatoms. The molecule has 3 nitrogen and oxygen atoms in total. The summed E-state index contributed by atoms with van der Waals surface area (Å²) in [7, 11) is 4.01. The maximum Gasteiger partial charge on any atom is 0.331 e. The van der Waals surface area contributed by atoms with Gasteiger partial charge in [0.15, 0.2) is 0 Å². The third kappa shape index (κ3) is 2.40. The van der Waals surface area contributed by atoms with Gasteiger partial charge in [0.25, 0.3) is 0 Å². The number of ether oxygens (including phenoxy) is 1. The lowest BCUT2D eigenvalue weighted by atomic mass is 9.70. The lowest BCUT2D eigenvalue weighted by Gasteiger charge is -2.27. The van der Waals surface area contributed by atoms with Crippen molar-refractivity contribution in [1.82, 2.24) is 0 Å². The standard InChI is InChI=1S/C26H21NO2/c1-27(2)22-15-9-10-18-16-17-21-24(23(18)22)29-25(28)26(21,19-11-5-3-6-12-19)20-13-7-4-8-14-20/h3-17H,1-2H3. The van der Waals surface area contributed by atoms with Gasteiger partial charge in [-0.25, -0.2) is 4.79 Å². The van der Waals surface area contributed by atoms with Crippen molar-refractivity contribution in [2.75, 3.05) is 19.0 Å². The summed E-state index contributed by atoms with van der Waals surface area (Å²) in [5.74, 6) is 0.399. The molecule has 0 N–H and O–H groups in total. The average molecular weight is 379 g/mol. The molecule has 1 aliphatic heterocycles. The Balaban J connectivity index is 1.92. The fraction of sp³-hybridized carbons (Fsp3) is 0.115. The third-order valence-electron chi connectivity index (χ3n) is 5.78. The van der Waals surface area contributed by atoms with Gasteiger partial charge in [-0.2, -0.15) is 0 Å². The average Bonchev–Trinajstić information content (AvgIpc) is 3.07. The van der Waals surface area contributed by atoms with E-state index in [1.54, 1.807) is 0 Å². The van der Waals surface area contributed by atoms with E-state index in [0.29, 0.717) is 5.75 Å². The lowest BCUT2D eigenvalue weighted by molar-refractivity contribution is -0.135. The largest absolute Gasteiger partial charge is 0.424 e. The molecule has 0 radical (unpaired) electrons. The topological polar surface area (TPSA) is 29.5 Å². The van der Waals surface area contributed by atoms with Gasteiger partial charge in [-0.3, -0.25) is 0 Å². The van der Waals surface area contributed by atoms with Crippen molar-refractivity contribution in [2.45, 2.75) is 5.41 Å². The molecule has 0 atom stereocenters. The van der Waals surface area contributed by atoms with E-state index in [9.17, 15) is 4.79 Å². The maximum atomic E-state index is 13.6. The highest BCUT2D eigenvalue weighted by Gasteiger charge is 2.52. The molecule has 1 aliphatic rings. The summed E-state index contributed by atoms with van der Waals surface area (Å²) in [6.45, 7) is 0. The van der Waals surface area contributed by atoms with Crippen LogP contribution in [0.5, 0.6) is 5.75 Å². The molecule has 5 rings (SSSR count). The van der Waals surface area contributed by atoms with Gasteiger partial charge in [-0.15, -0.1) is 0 Å². The molecule has 29 heavy (non-hydrogen) atoms. The van der Waals surface area contributed by atoms with Gasteiger partial charge in [0.2, 0.25) is 0 Å². The first-order valence-electron chi connectivity index (χ1n) is 9.71. The maximum absolute atomic E-state index is 13.6. The smallest absolute Gasteiger partial charge is 0.331 e. The zero-order chi connectivity index (χ0) is 20.0. The Hall–Kier alpha value is -3.59. The minimum atomic E-state index is -0.981. The fourth-order valence-corrected chi connectivity index (χ4v) is 4.47. The normalized spacial score (nSPS) is 14.5. The molecule has 4 aromatic carbocycles. The molecule has 0 aromatic heterocycles. The number of rotatable bonds is 3. The first-order chi connectivity index (χ1) is 14.1. The summed E-state index contributed by atoms with van der Waals surface area (Å²) in [6.07, 6.45) is 0. The number of benzene rings is 4. The summed E-state index contributed by atoms with van der Waals surface area (Å²) >= 11 is 0. The zero-order valence-corrected chi connectivity index (χ0v) is 16.4. The summed E-state index contributed by atoms with van der Waals surface area (Å²) in [5, 5.41) is 2.02. The van der Waals surface area contributed by atoms with Crippen LogP contribution in [0.4, 0.5) is 5.69 Å². The third-order valence-corrected chi connectivity index (χ3v) is 5.78.